The third-order valence-corrected chi connectivity index (χ3v) is 5.96. The van der Waals surface area contributed by atoms with Gasteiger partial charge in [0.05, 0.1) is 6.04 Å². The minimum Gasteiger partial charge on any atom is -0.355 e. The number of carbonyl (C=O) groups is 1. The van der Waals surface area contributed by atoms with Crippen molar-refractivity contribution in [1.29, 1.82) is 0 Å². The Bertz CT molecular complexity index is 529. The zero-order chi connectivity index (χ0) is 17.5. The molecule has 2 aliphatic rings. The molecule has 0 radical (unpaired) electrons. The van der Waals surface area contributed by atoms with Gasteiger partial charge in [0.15, 0.2) is 0 Å². The maximum atomic E-state index is 12.4. The van der Waals surface area contributed by atoms with E-state index in [9.17, 15) is 4.79 Å². The first-order chi connectivity index (χ1) is 12.2. The summed E-state index contributed by atoms with van der Waals surface area (Å²) in [5, 5.41) is 6.53. The van der Waals surface area contributed by atoms with Crippen LogP contribution in [0.1, 0.15) is 38.2 Å². The fourth-order valence-corrected chi connectivity index (χ4v) is 4.17. The zero-order valence-electron chi connectivity index (χ0n) is 16.4. The van der Waals surface area contributed by atoms with Crippen LogP contribution in [0.15, 0.2) is 30.3 Å². The number of carbonyl (C=O) groups excluding carboxylic acids is 1. The first-order valence-electron chi connectivity index (χ1n) is 9.99. The van der Waals surface area contributed by atoms with E-state index in [2.05, 4.69) is 52.8 Å². The number of nitrogens with one attached hydrogen (secondary N) is 2. The Morgan fingerprint density at radius 2 is 1.85 bits per heavy atom. The molecule has 0 spiro atoms. The van der Waals surface area contributed by atoms with E-state index in [1.165, 1.54) is 31.2 Å². The van der Waals surface area contributed by atoms with Crippen molar-refractivity contribution in [1.82, 2.24) is 15.5 Å². The fourth-order valence-electron chi connectivity index (χ4n) is 4.17. The second-order valence-corrected chi connectivity index (χ2v) is 7.78. The number of hydrogen-bond donors (Lipinski definition) is 2. The molecule has 2 atom stereocenters. The van der Waals surface area contributed by atoms with E-state index in [0.29, 0.717) is 0 Å². The Balaban J connectivity index is 0.00000182. The van der Waals surface area contributed by atoms with Crippen LogP contribution in [0, 0.1) is 11.8 Å². The molecule has 2 unspecified atom stereocenters. The van der Waals surface area contributed by atoms with E-state index in [1.807, 2.05) is 0 Å². The number of rotatable bonds is 7. The van der Waals surface area contributed by atoms with Crippen molar-refractivity contribution in [3.05, 3.63) is 35.9 Å². The van der Waals surface area contributed by atoms with Gasteiger partial charge in [0.25, 0.3) is 0 Å². The summed E-state index contributed by atoms with van der Waals surface area (Å²) in [5.74, 6) is 1.69. The number of nitrogens with zero attached hydrogens (tertiary/aromatic N) is 1. The molecule has 0 aromatic heterocycles. The standard InChI is InChI=1S/C21H33N3O.2ClH/c1-17(21(25)23-12-8-20-7-11-22-16-20)24-13-9-19(10-14-24)15-18-5-3-2-4-6-18;;/h2-6,17,19-20,22H,7-16H2,1H3,(H,23,25);2*1H. The Labute approximate surface area is 176 Å². The lowest BCUT2D eigenvalue weighted by molar-refractivity contribution is -0.126. The lowest BCUT2D eigenvalue weighted by Crippen LogP contribution is -2.48. The Morgan fingerprint density at radius 1 is 1.15 bits per heavy atom. The Morgan fingerprint density at radius 3 is 2.48 bits per heavy atom. The first-order valence-corrected chi connectivity index (χ1v) is 9.99. The fraction of sp³-hybridized carbons (Fsp3) is 0.667. The van der Waals surface area contributed by atoms with E-state index in [-0.39, 0.29) is 36.8 Å². The van der Waals surface area contributed by atoms with Gasteiger partial charge in [0.2, 0.25) is 5.91 Å². The third kappa shape index (κ3) is 7.61. The van der Waals surface area contributed by atoms with Crippen LogP contribution in [-0.4, -0.2) is 49.6 Å². The average Bonchev–Trinajstić information content (AvgIpc) is 3.16. The molecule has 0 bridgehead atoms. The Hall–Kier alpha value is -0.810. The predicted octanol–water partition coefficient (Wildman–Crippen LogP) is 3.29. The zero-order valence-corrected chi connectivity index (χ0v) is 18.0. The minimum atomic E-state index is -0.000576. The smallest absolute Gasteiger partial charge is 0.237 e. The van der Waals surface area contributed by atoms with Gasteiger partial charge in [-0.15, -0.1) is 24.8 Å². The number of amides is 1. The molecule has 6 heteroatoms. The maximum Gasteiger partial charge on any atom is 0.237 e. The van der Waals surface area contributed by atoms with Gasteiger partial charge in [-0.3, -0.25) is 9.69 Å². The molecule has 1 aromatic rings. The lowest BCUT2D eigenvalue weighted by atomic mass is 9.89. The maximum absolute atomic E-state index is 12.4. The van der Waals surface area contributed by atoms with Crippen LogP contribution >= 0.6 is 24.8 Å². The summed E-state index contributed by atoms with van der Waals surface area (Å²) in [4.78, 5) is 14.8. The molecule has 1 aromatic carbocycles. The van der Waals surface area contributed by atoms with E-state index in [1.54, 1.807) is 0 Å². The van der Waals surface area contributed by atoms with E-state index in [0.717, 1.165) is 51.0 Å². The minimum absolute atomic E-state index is 0. The van der Waals surface area contributed by atoms with E-state index < -0.39 is 0 Å². The molecule has 2 saturated heterocycles. The van der Waals surface area contributed by atoms with E-state index in [4.69, 9.17) is 0 Å². The molecular formula is C21H35Cl2N3O. The largest absolute Gasteiger partial charge is 0.355 e. The molecule has 1 amide bonds. The highest BCUT2D eigenvalue weighted by Crippen LogP contribution is 2.23. The molecule has 2 heterocycles. The van der Waals surface area contributed by atoms with Crippen molar-refractivity contribution in [3.63, 3.8) is 0 Å². The quantitative estimate of drug-likeness (QED) is 0.717. The Kier molecular flexibility index (Phi) is 11.3. The van der Waals surface area contributed by atoms with Crippen molar-refractivity contribution in [2.75, 3.05) is 32.7 Å². The number of piperidine rings is 1. The van der Waals surface area contributed by atoms with Gasteiger partial charge in [-0.25, -0.2) is 0 Å². The predicted molar refractivity (Wildman–Crippen MR) is 117 cm³/mol. The van der Waals surface area contributed by atoms with Gasteiger partial charge >= 0.3 is 0 Å². The second kappa shape index (κ2) is 12.6. The molecule has 2 fully saturated rings. The van der Waals surface area contributed by atoms with Crippen molar-refractivity contribution in [3.8, 4) is 0 Å². The van der Waals surface area contributed by atoms with Crippen molar-refractivity contribution >= 4 is 30.7 Å². The molecule has 2 N–H and O–H groups in total. The highest BCUT2D eigenvalue weighted by atomic mass is 35.5. The van der Waals surface area contributed by atoms with E-state index >= 15 is 0 Å². The summed E-state index contributed by atoms with van der Waals surface area (Å²) in [6.07, 6.45) is 5.91. The highest BCUT2D eigenvalue weighted by molar-refractivity contribution is 5.85. The molecule has 2 aliphatic heterocycles. The van der Waals surface area contributed by atoms with Crippen LogP contribution in [0.25, 0.3) is 0 Å². The monoisotopic (exact) mass is 415 g/mol. The number of hydrogen-bond acceptors (Lipinski definition) is 3. The summed E-state index contributed by atoms with van der Waals surface area (Å²) in [5.41, 5.74) is 1.44. The van der Waals surface area contributed by atoms with Gasteiger partial charge in [0.1, 0.15) is 0 Å². The van der Waals surface area contributed by atoms with Crippen LogP contribution < -0.4 is 10.6 Å². The summed E-state index contributed by atoms with van der Waals surface area (Å²) in [6.45, 7) is 7.20. The van der Waals surface area contributed by atoms with Crippen molar-refractivity contribution < 1.29 is 4.79 Å². The topological polar surface area (TPSA) is 44.4 Å². The average molecular weight is 416 g/mol. The van der Waals surface area contributed by atoms with Gasteiger partial charge in [-0.2, -0.15) is 0 Å². The number of benzene rings is 1. The summed E-state index contributed by atoms with van der Waals surface area (Å²) < 4.78 is 0. The molecule has 0 saturated carbocycles. The van der Waals surface area contributed by atoms with Crippen molar-refractivity contribution in [2.24, 2.45) is 11.8 Å². The summed E-state index contributed by atoms with van der Waals surface area (Å²) in [6, 6.07) is 10.8. The van der Waals surface area contributed by atoms with Crippen molar-refractivity contribution in [2.45, 2.75) is 45.1 Å². The van der Waals surface area contributed by atoms with Crippen LogP contribution in [0.5, 0.6) is 0 Å². The van der Waals surface area contributed by atoms with Gasteiger partial charge in [0, 0.05) is 6.54 Å². The third-order valence-electron chi connectivity index (χ3n) is 5.96. The molecule has 0 aliphatic carbocycles. The molecule has 3 rings (SSSR count). The summed E-state index contributed by atoms with van der Waals surface area (Å²) in [7, 11) is 0. The van der Waals surface area contributed by atoms with Gasteiger partial charge in [-0.1, -0.05) is 30.3 Å². The molecule has 4 nitrogen and oxygen atoms in total. The summed E-state index contributed by atoms with van der Waals surface area (Å²) >= 11 is 0. The number of halogens is 2. The molecule has 154 valence electrons. The van der Waals surface area contributed by atoms with Gasteiger partial charge in [-0.05, 0) is 82.6 Å². The SMILES string of the molecule is CC(C(=O)NCCC1CCNC1)N1CCC(Cc2ccccc2)CC1.Cl.Cl. The molecular weight excluding hydrogens is 381 g/mol. The van der Waals surface area contributed by atoms with Crippen LogP contribution in [-0.2, 0) is 11.2 Å². The van der Waals surface area contributed by atoms with Crippen LogP contribution in [0.2, 0.25) is 0 Å². The highest BCUT2D eigenvalue weighted by Gasteiger charge is 2.26. The van der Waals surface area contributed by atoms with Crippen LogP contribution in [0.3, 0.4) is 0 Å². The first kappa shape index (κ1) is 24.2. The second-order valence-electron chi connectivity index (χ2n) is 7.78. The van der Waals surface area contributed by atoms with Gasteiger partial charge < -0.3 is 10.6 Å². The molecule has 27 heavy (non-hydrogen) atoms. The number of likely N-dealkylation sites (tertiary alicyclic amines) is 1. The normalized spacial score (nSPS) is 21.7. The lowest BCUT2D eigenvalue weighted by Gasteiger charge is -2.35. The van der Waals surface area contributed by atoms with Crippen LogP contribution in [0.4, 0.5) is 0 Å².